The molecule has 202 valence electrons. The van der Waals surface area contributed by atoms with Crippen LogP contribution in [0.25, 0.3) is 0 Å². The predicted molar refractivity (Wildman–Crippen MR) is 142 cm³/mol. The summed E-state index contributed by atoms with van der Waals surface area (Å²) < 4.78 is 35.1. The van der Waals surface area contributed by atoms with Crippen molar-refractivity contribution in [3.63, 3.8) is 0 Å². The standard InChI is InChI=1S/C29H40N2O6/c1-6-29(19-30,22-17-25(34-7-2)27(32-4)28(33-5)26(22)35-8-3)15-11-12-20(31)16-21-18-36-23-13-9-10-14-24(23)37-21/h9-10,13-14,17,20-21H,6-8,11-12,15-16,18,31H2,1-5H3. The van der Waals surface area contributed by atoms with Crippen molar-refractivity contribution in [3.05, 3.63) is 35.9 Å². The van der Waals surface area contributed by atoms with Crippen molar-refractivity contribution in [1.82, 2.24) is 0 Å². The molecule has 1 heterocycles. The summed E-state index contributed by atoms with van der Waals surface area (Å²) in [5.74, 6) is 3.45. The molecule has 37 heavy (non-hydrogen) atoms. The Labute approximate surface area is 220 Å². The Kier molecular flexibility index (Phi) is 10.2. The van der Waals surface area contributed by atoms with Gasteiger partial charge in [-0.2, -0.15) is 5.26 Å². The van der Waals surface area contributed by atoms with Crippen molar-refractivity contribution in [2.45, 2.75) is 70.4 Å². The maximum Gasteiger partial charge on any atom is 0.207 e. The summed E-state index contributed by atoms with van der Waals surface area (Å²) in [6.45, 7) is 7.17. The van der Waals surface area contributed by atoms with E-state index < -0.39 is 5.41 Å². The van der Waals surface area contributed by atoms with Crippen LogP contribution in [-0.4, -0.2) is 46.2 Å². The maximum atomic E-state index is 10.5. The van der Waals surface area contributed by atoms with Gasteiger partial charge in [0, 0.05) is 18.0 Å². The lowest BCUT2D eigenvalue weighted by atomic mass is 9.74. The van der Waals surface area contributed by atoms with Gasteiger partial charge in [0.15, 0.2) is 23.0 Å². The van der Waals surface area contributed by atoms with Crippen LogP contribution in [-0.2, 0) is 5.41 Å². The van der Waals surface area contributed by atoms with Gasteiger partial charge in [-0.15, -0.1) is 0 Å². The largest absolute Gasteiger partial charge is 0.490 e. The van der Waals surface area contributed by atoms with Crippen LogP contribution in [0.15, 0.2) is 30.3 Å². The van der Waals surface area contributed by atoms with Gasteiger partial charge in [0.25, 0.3) is 0 Å². The van der Waals surface area contributed by atoms with Crippen LogP contribution in [0.1, 0.15) is 58.4 Å². The molecule has 2 aromatic rings. The van der Waals surface area contributed by atoms with Crippen LogP contribution in [0.3, 0.4) is 0 Å². The molecule has 0 saturated heterocycles. The van der Waals surface area contributed by atoms with E-state index in [0.717, 1.165) is 29.9 Å². The van der Waals surface area contributed by atoms with Crippen molar-refractivity contribution >= 4 is 0 Å². The highest BCUT2D eigenvalue weighted by Gasteiger charge is 2.37. The predicted octanol–water partition coefficient (Wildman–Crippen LogP) is 5.40. The molecule has 0 saturated carbocycles. The van der Waals surface area contributed by atoms with E-state index in [1.165, 1.54) is 0 Å². The number of fused-ring (bicyclic) bond motifs is 1. The highest BCUT2D eigenvalue weighted by molar-refractivity contribution is 5.65. The Balaban J connectivity index is 1.77. The fourth-order valence-corrected chi connectivity index (χ4v) is 4.88. The monoisotopic (exact) mass is 512 g/mol. The minimum absolute atomic E-state index is 0.0807. The van der Waals surface area contributed by atoms with E-state index in [1.54, 1.807) is 14.2 Å². The first kappa shape index (κ1) is 28.3. The topological polar surface area (TPSA) is 105 Å². The maximum absolute atomic E-state index is 10.5. The molecular weight excluding hydrogens is 472 g/mol. The Morgan fingerprint density at radius 2 is 1.76 bits per heavy atom. The SMILES string of the molecule is CCOc1cc(C(C#N)(CC)CCCC(N)CC2COc3ccccc3O2)c(OCC)c(OC)c1OC. The lowest BCUT2D eigenvalue weighted by Crippen LogP contribution is -2.36. The van der Waals surface area contributed by atoms with E-state index in [1.807, 2.05) is 51.1 Å². The molecule has 2 aromatic carbocycles. The van der Waals surface area contributed by atoms with Gasteiger partial charge in [0.2, 0.25) is 11.5 Å². The summed E-state index contributed by atoms with van der Waals surface area (Å²) in [5.41, 5.74) is 6.44. The third kappa shape index (κ3) is 6.34. The van der Waals surface area contributed by atoms with Crippen LogP contribution >= 0.6 is 0 Å². The fraction of sp³-hybridized carbons (Fsp3) is 0.552. The molecule has 0 radical (unpaired) electrons. The van der Waals surface area contributed by atoms with E-state index in [2.05, 4.69) is 6.07 Å². The zero-order valence-electron chi connectivity index (χ0n) is 22.7. The van der Waals surface area contributed by atoms with Crippen LogP contribution < -0.4 is 34.2 Å². The Morgan fingerprint density at radius 1 is 1.05 bits per heavy atom. The van der Waals surface area contributed by atoms with Crippen LogP contribution in [0.4, 0.5) is 0 Å². The van der Waals surface area contributed by atoms with Crippen molar-refractivity contribution in [1.29, 1.82) is 5.26 Å². The summed E-state index contributed by atoms with van der Waals surface area (Å²) in [5, 5.41) is 10.5. The molecule has 0 spiro atoms. The average molecular weight is 513 g/mol. The van der Waals surface area contributed by atoms with Gasteiger partial charge in [-0.25, -0.2) is 0 Å². The first-order valence-corrected chi connectivity index (χ1v) is 13.1. The molecule has 2 N–H and O–H groups in total. The van der Waals surface area contributed by atoms with Crippen molar-refractivity contribution in [2.75, 3.05) is 34.0 Å². The number of nitrogens with two attached hydrogens (primary N) is 1. The second-order valence-corrected chi connectivity index (χ2v) is 9.12. The van der Waals surface area contributed by atoms with Crippen LogP contribution in [0.5, 0.6) is 34.5 Å². The Morgan fingerprint density at radius 3 is 2.38 bits per heavy atom. The number of rotatable bonds is 14. The molecule has 0 aromatic heterocycles. The molecule has 1 aliphatic rings. The normalized spacial score (nSPS) is 16.7. The molecule has 3 atom stereocenters. The summed E-state index contributed by atoms with van der Waals surface area (Å²) in [7, 11) is 3.13. The lowest BCUT2D eigenvalue weighted by Gasteiger charge is -2.31. The second kappa shape index (κ2) is 13.3. The zero-order chi connectivity index (χ0) is 26.8. The first-order chi connectivity index (χ1) is 18.0. The number of nitriles is 1. The van der Waals surface area contributed by atoms with E-state index in [9.17, 15) is 5.26 Å². The fourth-order valence-electron chi connectivity index (χ4n) is 4.88. The van der Waals surface area contributed by atoms with Crippen molar-refractivity contribution in [3.8, 4) is 40.6 Å². The minimum Gasteiger partial charge on any atom is -0.490 e. The van der Waals surface area contributed by atoms with Gasteiger partial charge in [-0.3, -0.25) is 0 Å². The molecule has 1 aliphatic heterocycles. The lowest BCUT2D eigenvalue weighted by molar-refractivity contribution is 0.0789. The smallest absolute Gasteiger partial charge is 0.207 e. The minimum atomic E-state index is -0.807. The summed E-state index contributed by atoms with van der Waals surface area (Å²) in [6.07, 6.45) is 3.29. The molecular formula is C29H40N2O6. The number of para-hydroxylation sites is 2. The van der Waals surface area contributed by atoms with Crippen molar-refractivity contribution in [2.24, 2.45) is 5.73 Å². The first-order valence-electron chi connectivity index (χ1n) is 13.1. The van der Waals surface area contributed by atoms with Gasteiger partial charge in [0.05, 0.1) is 38.9 Å². The van der Waals surface area contributed by atoms with Crippen LogP contribution in [0, 0.1) is 11.3 Å². The number of benzene rings is 2. The molecule has 0 aliphatic carbocycles. The number of ether oxygens (including phenoxy) is 6. The number of hydrogen-bond acceptors (Lipinski definition) is 8. The third-order valence-electron chi connectivity index (χ3n) is 6.80. The quantitative estimate of drug-likeness (QED) is 0.359. The molecule has 0 fully saturated rings. The van der Waals surface area contributed by atoms with Crippen LogP contribution in [0.2, 0.25) is 0 Å². The molecule has 3 rings (SSSR count). The molecule has 0 bridgehead atoms. The average Bonchev–Trinajstić information content (AvgIpc) is 2.92. The third-order valence-corrected chi connectivity index (χ3v) is 6.80. The number of nitrogens with zero attached hydrogens (tertiary/aromatic N) is 1. The zero-order valence-corrected chi connectivity index (χ0v) is 22.7. The molecule has 8 nitrogen and oxygen atoms in total. The van der Waals surface area contributed by atoms with Gasteiger partial charge < -0.3 is 34.2 Å². The van der Waals surface area contributed by atoms with Crippen molar-refractivity contribution < 1.29 is 28.4 Å². The molecule has 0 amide bonds. The summed E-state index contributed by atoms with van der Waals surface area (Å²) >= 11 is 0. The molecule has 8 heteroatoms. The highest BCUT2D eigenvalue weighted by atomic mass is 16.6. The van der Waals surface area contributed by atoms with Gasteiger partial charge >= 0.3 is 0 Å². The van der Waals surface area contributed by atoms with E-state index in [-0.39, 0.29) is 12.1 Å². The summed E-state index contributed by atoms with van der Waals surface area (Å²) in [6, 6.07) is 12.0. The molecule has 3 unspecified atom stereocenters. The Hall–Kier alpha value is -3.31. The number of hydrogen-bond donors (Lipinski definition) is 1. The van der Waals surface area contributed by atoms with E-state index in [4.69, 9.17) is 34.2 Å². The second-order valence-electron chi connectivity index (χ2n) is 9.12. The van der Waals surface area contributed by atoms with Gasteiger partial charge in [-0.1, -0.05) is 19.1 Å². The Bertz CT molecular complexity index is 1070. The van der Waals surface area contributed by atoms with E-state index >= 15 is 0 Å². The van der Waals surface area contributed by atoms with Gasteiger partial charge in [-0.05, 0) is 57.7 Å². The highest BCUT2D eigenvalue weighted by Crippen LogP contribution is 2.52. The number of methoxy groups -OCH3 is 2. The van der Waals surface area contributed by atoms with E-state index in [0.29, 0.717) is 62.1 Å². The summed E-state index contributed by atoms with van der Waals surface area (Å²) in [4.78, 5) is 0. The van der Waals surface area contributed by atoms with Gasteiger partial charge in [0.1, 0.15) is 12.7 Å².